The molecule has 0 aliphatic heterocycles. The van der Waals surface area contributed by atoms with E-state index in [-0.39, 0.29) is 10.4 Å². The Hall–Kier alpha value is -0.960. The van der Waals surface area contributed by atoms with Gasteiger partial charge in [-0.1, -0.05) is 69.8 Å². The molecule has 0 N–H and O–H groups in total. The van der Waals surface area contributed by atoms with Crippen molar-refractivity contribution in [2.45, 2.75) is 61.8 Å². The number of rotatable bonds is 4. The van der Waals surface area contributed by atoms with Gasteiger partial charge in [-0.25, -0.2) is 0 Å². The van der Waals surface area contributed by atoms with Gasteiger partial charge in [-0.05, 0) is 85.9 Å². The van der Waals surface area contributed by atoms with Crippen molar-refractivity contribution in [1.82, 2.24) is 0 Å². The molecule has 0 aromatic heterocycles. The van der Waals surface area contributed by atoms with Gasteiger partial charge in [0.1, 0.15) is 11.9 Å². The molecular weight excluding hydrogens is 455 g/mol. The summed E-state index contributed by atoms with van der Waals surface area (Å²) in [7, 11) is 0. The van der Waals surface area contributed by atoms with E-state index in [0.717, 1.165) is 65.4 Å². The van der Waals surface area contributed by atoms with Gasteiger partial charge in [0.25, 0.3) is 0 Å². The summed E-state index contributed by atoms with van der Waals surface area (Å²) >= 11 is 17.1. The molecule has 148 valence electrons. The van der Waals surface area contributed by atoms with Crippen molar-refractivity contribution in [3.8, 4) is 5.75 Å². The summed E-state index contributed by atoms with van der Waals surface area (Å²) in [6.07, 6.45) is 11.4. The lowest BCUT2D eigenvalue weighted by molar-refractivity contribution is 0.116. The molecule has 0 radical (unpaired) electrons. The molecule has 1 saturated carbocycles. The monoisotopic (exact) mass is 478 g/mol. The van der Waals surface area contributed by atoms with Gasteiger partial charge in [-0.3, -0.25) is 0 Å². The van der Waals surface area contributed by atoms with Gasteiger partial charge in [0, 0.05) is 10.0 Å². The lowest BCUT2D eigenvalue weighted by Gasteiger charge is -2.40. The van der Waals surface area contributed by atoms with Crippen molar-refractivity contribution in [3.63, 3.8) is 0 Å². The quantitative estimate of drug-likeness (QED) is 0.399. The van der Waals surface area contributed by atoms with Crippen LogP contribution in [-0.4, -0.2) is 6.10 Å². The van der Waals surface area contributed by atoms with E-state index in [4.69, 9.17) is 27.9 Å². The molecule has 2 aromatic rings. The first kappa shape index (κ1) is 20.3. The topological polar surface area (TPSA) is 9.23 Å². The van der Waals surface area contributed by atoms with Gasteiger partial charge in [0.15, 0.2) is 0 Å². The van der Waals surface area contributed by atoms with Crippen LogP contribution in [0.1, 0.15) is 62.5 Å². The maximum atomic E-state index is 6.58. The third-order valence-corrected chi connectivity index (χ3v) is 7.94. The number of hydrogen-bond acceptors (Lipinski definition) is 1. The molecule has 0 saturated heterocycles. The molecule has 28 heavy (non-hydrogen) atoms. The van der Waals surface area contributed by atoms with Gasteiger partial charge in [0.05, 0.1) is 4.32 Å². The molecular formula is C24H25BrCl2O. The summed E-state index contributed by atoms with van der Waals surface area (Å²) < 4.78 is 6.31. The highest BCUT2D eigenvalue weighted by molar-refractivity contribution is 9.09. The summed E-state index contributed by atoms with van der Waals surface area (Å²) in [5.74, 6) is 0.883. The van der Waals surface area contributed by atoms with Crippen LogP contribution in [0.25, 0.3) is 5.57 Å². The summed E-state index contributed by atoms with van der Waals surface area (Å²) in [5, 5.41) is 1.60. The van der Waals surface area contributed by atoms with Crippen LogP contribution in [0, 0.1) is 0 Å². The Morgan fingerprint density at radius 2 is 1.82 bits per heavy atom. The SMILES string of the molecule is Clc1ccc(OC2CCCCC2(Br)c2ccccc2Cl)cc1C1=CCCCC1. The number of ether oxygens (including phenoxy) is 1. The van der Waals surface area contributed by atoms with Crippen molar-refractivity contribution in [2.75, 3.05) is 0 Å². The second-order valence-electron chi connectivity index (χ2n) is 7.81. The maximum absolute atomic E-state index is 6.58. The van der Waals surface area contributed by atoms with Crippen molar-refractivity contribution in [3.05, 3.63) is 69.7 Å². The second-order valence-corrected chi connectivity index (χ2v) is 10.0. The molecule has 2 aromatic carbocycles. The van der Waals surface area contributed by atoms with E-state index >= 15 is 0 Å². The summed E-state index contributed by atoms with van der Waals surface area (Å²) in [5.41, 5.74) is 3.58. The predicted molar refractivity (Wildman–Crippen MR) is 123 cm³/mol. The number of allylic oxidation sites excluding steroid dienone is 2. The Morgan fingerprint density at radius 3 is 2.61 bits per heavy atom. The van der Waals surface area contributed by atoms with Crippen LogP contribution in [0.5, 0.6) is 5.75 Å². The average molecular weight is 480 g/mol. The number of alkyl halides is 1. The van der Waals surface area contributed by atoms with Crippen molar-refractivity contribution in [1.29, 1.82) is 0 Å². The lowest BCUT2D eigenvalue weighted by Crippen LogP contribution is -2.41. The summed E-state index contributed by atoms with van der Waals surface area (Å²) in [6.45, 7) is 0. The third kappa shape index (κ3) is 4.15. The van der Waals surface area contributed by atoms with Crippen molar-refractivity contribution < 1.29 is 4.74 Å². The van der Waals surface area contributed by atoms with Crippen molar-refractivity contribution in [2.24, 2.45) is 0 Å². The normalized spacial score (nSPS) is 25.2. The largest absolute Gasteiger partial charge is 0.489 e. The van der Waals surface area contributed by atoms with Gasteiger partial charge in [-0.2, -0.15) is 0 Å². The molecule has 1 fully saturated rings. The first-order valence-electron chi connectivity index (χ1n) is 10.2. The first-order chi connectivity index (χ1) is 13.6. The summed E-state index contributed by atoms with van der Waals surface area (Å²) in [4.78, 5) is 0. The molecule has 0 amide bonds. The Bertz CT molecular complexity index is 879. The Labute approximate surface area is 186 Å². The fourth-order valence-electron chi connectivity index (χ4n) is 4.43. The minimum absolute atomic E-state index is 0.0236. The van der Waals surface area contributed by atoms with Crippen LogP contribution in [0.2, 0.25) is 10.0 Å². The fourth-order valence-corrected chi connectivity index (χ4v) is 6.04. The van der Waals surface area contributed by atoms with E-state index in [0.29, 0.717) is 0 Å². The number of hydrogen-bond donors (Lipinski definition) is 0. The highest BCUT2D eigenvalue weighted by Crippen LogP contribution is 2.49. The predicted octanol–water partition coefficient (Wildman–Crippen LogP) is 8.56. The first-order valence-corrected chi connectivity index (χ1v) is 11.7. The van der Waals surface area contributed by atoms with Crippen LogP contribution in [0.3, 0.4) is 0 Å². The van der Waals surface area contributed by atoms with Crippen LogP contribution in [-0.2, 0) is 4.32 Å². The third-order valence-electron chi connectivity index (χ3n) is 5.94. The molecule has 4 rings (SSSR count). The lowest BCUT2D eigenvalue weighted by atomic mass is 9.81. The average Bonchev–Trinajstić information content (AvgIpc) is 2.72. The molecule has 2 atom stereocenters. The van der Waals surface area contributed by atoms with Gasteiger partial charge < -0.3 is 4.74 Å². The molecule has 2 aliphatic rings. The Balaban J connectivity index is 1.64. The second kappa shape index (κ2) is 8.81. The van der Waals surface area contributed by atoms with Crippen LogP contribution in [0.15, 0.2) is 48.5 Å². The zero-order valence-electron chi connectivity index (χ0n) is 15.9. The van der Waals surface area contributed by atoms with E-state index in [9.17, 15) is 0 Å². The van der Waals surface area contributed by atoms with E-state index in [1.807, 2.05) is 30.3 Å². The maximum Gasteiger partial charge on any atom is 0.120 e. The van der Waals surface area contributed by atoms with Gasteiger partial charge in [-0.15, -0.1) is 0 Å². The van der Waals surface area contributed by atoms with E-state index < -0.39 is 0 Å². The highest BCUT2D eigenvalue weighted by atomic mass is 79.9. The molecule has 0 heterocycles. The van der Waals surface area contributed by atoms with Gasteiger partial charge >= 0.3 is 0 Å². The molecule has 0 bridgehead atoms. The Morgan fingerprint density at radius 1 is 0.964 bits per heavy atom. The smallest absolute Gasteiger partial charge is 0.120 e. The van der Waals surface area contributed by atoms with E-state index in [1.54, 1.807) is 0 Å². The van der Waals surface area contributed by atoms with Gasteiger partial charge in [0.2, 0.25) is 0 Å². The molecule has 2 unspecified atom stereocenters. The number of benzene rings is 2. The Kier molecular flexibility index (Phi) is 6.40. The zero-order valence-corrected chi connectivity index (χ0v) is 19.0. The molecule has 1 nitrogen and oxygen atoms in total. The standard InChI is InChI=1S/C24H25BrCl2O/c25-24(20-10-4-5-11-22(20)27)15-7-6-12-23(24)28-18-13-14-21(26)19(16-18)17-8-2-1-3-9-17/h4-5,8,10-11,13-14,16,23H,1-3,6-7,9,12,15H2. The van der Waals surface area contributed by atoms with E-state index in [2.05, 4.69) is 34.1 Å². The van der Waals surface area contributed by atoms with Crippen LogP contribution >= 0.6 is 39.1 Å². The molecule has 4 heteroatoms. The highest BCUT2D eigenvalue weighted by Gasteiger charge is 2.43. The fraction of sp³-hybridized carbons (Fsp3) is 0.417. The minimum Gasteiger partial charge on any atom is -0.489 e. The van der Waals surface area contributed by atoms with Crippen LogP contribution < -0.4 is 4.74 Å². The number of halogens is 3. The molecule has 2 aliphatic carbocycles. The van der Waals surface area contributed by atoms with Crippen LogP contribution in [0.4, 0.5) is 0 Å². The van der Waals surface area contributed by atoms with Crippen molar-refractivity contribution >= 4 is 44.7 Å². The summed E-state index contributed by atoms with van der Waals surface area (Å²) in [6, 6.07) is 14.2. The van der Waals surface area contributed by atoms with E-state index in [1.165, 1.54) is 18.4 Å². The molecule has 0 spiro atoms. The zero-order chi connectivity index (χ0) is 19.6. The minimum atomic E-state index is -0.270.